The van der Waals surface area contributed by atoms with Gasteiger partial charge in [-0.2, -0.15) is 0 Å². The first-order valence-electron chi connectivity index (χ1n) is 14.3. The van der Waals surface area contributed by atoms with Gasteiger partial charge in [0.05, 0.1) is 12.2 Å². The Hall–Kier alpha value is -4.24. The van der Waals surface area contributed by atoms with Crippen molar-refractivity contribution < 1.29 is 18.8 Å². The van der Waals surface area contributed by atoms with E-state index in [-0.39, 0.29) is 30.8 Å². The van der Waals surface area contributed by atoms with Crippen LogP contribution in [-0.4, -0.2) is 49.2 Å². The highest BCUT2D eigenvalue weighted by Gasteiger charge is 2.32. The number of nitrogens with zero attached hydrogens (tertiary/aromatic N) is 1. The largest absolute Gasteiger partial charge is 0.344 e. The molecule has 42 heavy (non-hydrogen) atoms. The third-order valence-electron chi connectivity index (χ3n) is 7.36. The molecular weight excluding hydrogens is 533 g/mol. The molecule has 1 unspecified atom stereocenters. The Morgan fingerprint density at radius 2 is 1.71 bits per heavy atom. The second-order valence-electron chi connectivity index (χ2n) is 11.4. The molecule has 222 valence electrons. The van der Waals surface area contributed by atoms with Crippen LogP contribution in [0.3, 0.4) is 0 Å². The van der Waals surface area contributed by atoms with Crippen LogP contribution in [0.2, 0.25) is 0 Å². The van der Waals surface area contributed by atoms with Crippen LogP contribution in [0.25, 0.3) is 11.1 Å². The molecule has 0 saturated heterocycles. The van der Waals surface area contributed by atoms with E-state index in [1.54, 1.807) is 11.9 Å². The number of hydrogen-bond donors (Lipinski definition) is 4. The van der Waals surface area contributed by atoms with Gasteiger partial charge in [-0.05, 0) is 62.4 Å². The molecule has 2 atom stereocenters. The van der Waals surface area contributed by atoms with Gasteiger partial charge < -0.3 is 26.2 Å². The molecule has 1 aliphatic heterocycles. The van der Waals surface area contributed by atoms with E-state index in [0.29, 0.717) is 25.1 Å². The lowest BCUT2D eigenvalue weighted by Crippen LogP contribution is -2.51. The van der Waals surface area contributed by atoms with Crippen LogP contribution >= 0.6 is 0 Å². The molecule has 9 heteroatoms. The number of para-hydroxylation sites is 2. The summed E-state index contributed by atoms with van der Waals surface area (Å²) in [6.45, 7) is 5.66. The van der Waals surface area contributed by atoms with Crippen molar-refractivity contribution in [3.8, 4) is 11.1 Å². The zero-order valence-corrected chi connectivity index (χ0v) is 24.7. The Balaban J connectivity index is 1.52. The topological polar surface area (TPSA) is 103 Å². The van der Waals surface area contributed by atoms with Crippen LogP contribution in [0.1, 0.15) is 44.7 Å². The molecule has 1 heterocycles. The average molecular weight is 574 g/mol. The average Bonchev–Trinajstić information content (AvgIpc) is 3.09. The maximum atomic E-state index is 13.9. The van der Waals surface area contributed by atoms with Gasteiger partial charge in [0.25, 0.3) is 0 Å². The van der Waals surface area contributed by atoms with E-state index in [2.05, 4.69) is 21.3 Å². The van der Waals surface area contributed by atoms with Crippen molar-refractivity contribution in [2.45, 2.75) is 64.3 Å². The predicted octanol–water partition coefficient (Wildman–Crippen LogP) is 5.19. The van der Waals surface area contributed by atoms with Crippen molar-refractivity contribution in [1.29, 1.82) is 0 Å². The maximum absolute atomic E-state index is 13.9. The van der Waals surface area contributed by atoms with Gasteiger partial charge in [0, 0.05) is 36.8 Å². The fraction of sp³-hybridized carbons (Fsp3) is 0.364. The van der Waals surface area contributed by atoms with Gasteiger partial charge in [-0.3, -0.25) is 9.59 Å². The summed E-state index contributed by atoms with van der Waals surface area (Å²) in [7, 11) is 1.57. The Morgan fingerprint density at radius 3 is 2.43 bits per heavy atom. The lowest BCUT2D eigenvalue weighted by Gasteiger charge is -2.29. The summed E-state index contributed by atoms with van der Waals surface area (Å²) in [5, 5.41) is 11.5. The van der Waals surface area contributed by atoms with Gasteiger partial charge in [0.15, 0.2) is 0 Å². The third-order valence-corrected chi connectivity index (χ3v) is 7.36. The van der Waals surface area contributed by atoms with Gasteiger partial charge in [-0.15, -0.1) is 0 Å². The van der Waals surface area contributed by atoms with Crippen LogP contribution in [0.4, 0.5) is 20.6 Å². The molecule has 4 amide bonds. The fourth-order valence-corrected chi connectivity index (χ4v) is 5.14. The minimum atomic E-state index is -1.02. The van der Waals surface area contributed by atoms with E-state index in [9.17, 15) is 18.8 Å². The molecule has 0 saturated carbocycles. The molecule has 3 aromatic carbocycles. The molecule has 0 radical (unpaired) electrons. The number of fused-ring (bicyclic) bond motifs is 1. The van der Waals surface area contributed by atoms with Gasteiger partial charge in [-0.25, -0.2) is 9.18 Å². The number of carbonyl (C=O) groups excluding carboxylic acids is 3. The van der Waals surface area contributed by atoms with Gasteiger partial charge in [0.2, 0.25) is 11.8 Å². The Labute approximate surface area is 247 Å². The SMILES string of the molecule is CNC(=O)Nc1ccccc1-c1ccc(CN2C(=O)[C@H](NC(=O)CC(C)(C)NCC(C)F)CCc3ccccc32)cc1. The molecular formula is C33H40FN5O3. The lowest BCUT2D eigenvalue weighted by molar-refractivity contribution is -0.128. The van der Waals surface area contributed by atoms with E-state index in [4.69, 9.17) is 0 Å². The van der Waals surface area contributed by atoms with E-state index in [0.717, 1.165) is 27.9 Å². The van der Waals surface area contributed by atoms with Crippen molar-refractivity contribution in [3.05, 3.63) is 83.9 Å². The number of amides is 4. The lowest BCUT2D eigenvalue weighted by atomic mass is 9.99. The first-order chi connectivity index (χ1) is 20.1. The van der Waals surface area contributed by atoms with E-state index in [1.165, 1.54) is 6.92 Å². The number of anilines is 2. The monoisotopic (exact) mass is 573 g/mol. The number of benzene rings is 3. The predicted molar refractivity (Wildman–Crippen MR) is 165 cm³/mol. The fourth-order valence-electron chi connectivity index (χ4n) is 5.14. The molecule has 0 aromatic heterocycles. The molecule has 4 rings (SSSR count). The smallest absolute Gasteiger partial charge is 0.318 e. The summed E-state index contributed by atoms with van der Waals surface area (Å²) < 4.78 is 13.3. The first kappa shape index (κ1) is 30.7. The van der Waals surface area contributed by atoms with E-state index >= 15 is 0 Å². The number of rotatable bonds is 10. The summed E-state index contributed by atoms with van der Waals surface area (Å²) in [4.78, 5) is 40.6. The highest BCUT2D eigenvalue weighted by molar-refractivity contribution is 6.00. The zero-order chi connectivity index (χ0) is 30.3. The van der Waals surface area contributed by atoms with Crippen LogP contribution < -0.4 is 26.2 Å². The van der Waals surface area contributed by atoms with Gasteiger partial charge in [-0.1, -0.05) is 60.7 Å². The number of hydrogen-bond acceptors (Lipinski definition) is 4. The molecule has 0 fully saturated rings. The van der Waals surface area contributed by atoms with Crippen molar-refractivity contribution in [1.82, 2.24) is 16.0 Å². The minimum Gasteiger partial charge on any atom is -0.344 e. The number of halogens is 1. The Bertz CT molecular complexity index is 1410. The number of urea groups is 1. The van der Waals surface area contributed by atoms with E-state index < -0.39 is 17.8 Å². The van der Waals surface area contributed by atoms with Gasteiger partial charge in [0.1, 0.15) is 12.2 Å². The number of nitrogens with one attached hydrogen (secondary N) is 4. The van der Waals surface area contributed by atoms with Gasteiger partial charge >= 0.3 is 6.03 Å². The summed E-state index contributed by atoms with van der Waals surface area (Å²) in [5.74, 6) is -0.419. The van der Waals surface area contributed by atoms with Crippen molar-refractivity contribution in [3.63, 3.8) is 0 Å². The molecule has 4 N–H and O–H groups in total. The minimum absolute atomic E-state index is 0.119. The first-order valence-corrected chi connectivity index (χ1v) is 14.3. The molecule has 0 bridgehead atoms. The van der Waals surface area contributed by atoms with Crippen LogP contribution in [0, 0.1) is 0 Å². The standard InChI is InChI=1S/C33H40FN5O3/c1-22(34)20-36-33(2,3)19-30(40)37-28-18-17-25-9-5-8-12-29(25)39(31(28)41)21-23-13-15-24(16-14-23)26-10-6-7-11-27(26)38-32(42)35-4/h5-16,22,28,36H,17-21H2,1-4H3,(H,37,40)(H2,35,38,42)/t22?,28-/m1/s1. The van der Waals surface area contributed by atoms with Crippen LogP contribution in [0.5, 0.6) is 0 Å². The van der Waals surface area contributed by atoms with Crippen molar-refractivity contribution in [2.24, 2.45) is 0 Å². The van der Waals surface area contributed by atoms with Crippen LogP contribution in [-0.2, 0) is 22.6 Å². The molecule has 3 aromatic rings. The van der Waals surface area contributed by atoms with Crippen LogP contribution in [0.15, 0.2) is 72.8 Å². The second kappa shape index (κ2) is 13.6. The maximum Gasteiger partial charge on any atom is 0.318 e. The second-order valence-corrected chi connectivity index (χ2v) is 11.4. The number of carbonyl (C=O) groups is 3. The molecule has 1 aliphatic rings. The molecule has 0 aliphatic carbocycles. The molecule has 0 spiro atoms. The summed E-state index contributed by atoms with van der Waals surface area (Å²) in [6.07, 6.45) is 0.236. The Kier molecular flexibility index (Phi) is 9.96. The normalized spacial score (nSPS) is 15.8. The number of alkyl halides is 1. The highest BCUT2D eigenvalue weighted by Crippen LogP contribution is 2.31. The number of aryl methyl sites for hydroxylation is 1. The zero-order valence-electron chi connectivity index (χ0n) is 24.7. The summed E-state index contributed by atoms with van der Waals surface area (Å²) in [6, 6.07) is 22.3. The molecule has 8 nitrogen and oxygen atoms in total. The quantitative estimate of drug-likeness (QED) is 0.268. The van der Waals surface area contributed by atoms with Crippen molar-refractivity contribution in [2.75, 3.05) is 23.8 Å². The summed E-state index contributed by atoms with van der Waals surface area (Å²) >= 11 is 0. The third kappa shape index (κ3) is 7.94. The summed E-state index contributed by atoms with van der Waals surface area (Å²) in [5.41, 5.74) is 4.70. The van der Waals surface area contributed by atoms with E-state index in [1.807, 2.05) is 86.6 Å². The highest BCUT2D eigenvalue weighted by atomic mass is 19.1. The Morgan fingerprint density at radius 1 is 1.02 bits per heavy atom. The van der Waals surface area contributed by atoms with Crippen molar-refractivity contribution >= 4 is 29.2 Å².